The third-order valence-electron chi connectivity index (χ3n) is 6.02. The Morgan fingerprint density at radius 2 is 1.82 bits per heavy atom. The molecule has 2 fully saturated rings. The van der Waals surface area contributed by atoms with Gasteiger partial charge in [0.25, 0.3) is 5.91 Å². The van der Waals surface area contributed by atoms with Gasteiger partial charge in [0, 0.05) is 31.0 Å². The van der Waals surface area contributed by atoms with Crippen LogP contribution in [0.1, 0.15) is 69.7 Å². The van der Waals surface area contributed by atoms with Gasteiger partial charge in [0.1, 0.15) is 28.6 Å². The summed E-state index contributed by atoms with van der Waals surface area (Å²) in [5.41, 5.74) is -0.592. The lowest BCUT2D eigenvalue weighted by Crippen LogP contribution is -2.53. The van der Waals surface area contributed by atoms with Crippen molar-refractivity contribution in [3.8, 4) is 5.88 Å². The molecular weight excluding hydrogens is 432 g/mol. The fourth-order valence-corrected chi connectivity index (χ4v) is 4.64. The number of pyridine rings is 1. The number of fused-ring (bicyclic) bond motifs is 2. The van der Waals surface area contributed by atoms with E-state index in [4.69, 9.17) is 9.47 Å². The van der Waals surface area contributed by atoms with Crippen molar-refractivity contribution in [2.75, 3.05) is 0 Å². The van der Waals surface area contributed by atoms with Gasteiger partial charge in [-0.25, -0.2) is 18.6 Å². The van der Waals surface area contributed by atoms with E-state index in [0.29, 0.717) is 25.0 Å². The maximum absolute atomic E-state index is 13.9. The quantitative estimate of drug-likeness (QED) is 0.697. The maximum atomic E-state index is 13.9. The largest absolute Gasteiger partial charge is 0.444 e. The lowest BCUT2D eigenvalue weighted by molar-refractivity contribution is 0.00499. The molecule has 2 bridgehead atoms. The molecule has 0 radical (unpaired) electrons. The Morgan fingerprint density at radius 1 is 1.12 bits per heavy atom. The average Bonchev–Trinajstić information content (AvgIpc) is 3.00. The minimum Gasteiger partial charge on any atom is -0.444 e. The molecule has 4 rings (SSSR count). The molecule has 3 aliphatic rings. The number of rotatable bonds is 4. The lowest BCUT2D eigenvalue weighted by atomic mass is 9.97. The van der Waals surface area contributed by atoms with Crippen LogP contribution in [0.2, 0.25) is 0 Å². The van der Waals surface area contributed by atoms with E-state index in [2.05, 4.69) is 10.3 Å². The van der Waals surface area contributed by atoms with Crippen molar-refractivity contribution < 1.29 is 27.8 Å². The van der Waals surface area contributed by atoms with Crippen LogP contribution in [-0.2, 0) is 4.74 Å². The normalized spacial score (nSPS) is 24.6. The van der Waals surface area contributed by atoms with Crippen LogP contribution in [0.25, 0.3) is 0 Å². The Morgan fingerprint density at radius 3 is 2.42 bits per heavy atom. The molecule has 33 heavy (non-hydrogen) atoms. The summed E-state index contributed by atoms with van der Waals surface area (Å²) in [6, 6.07) is 0.886. The summed E-state index contributed by atoms with van der Waals surface area (Å²) in [5, 5.41) is 2.96. The van der Waals surface area contributed by atoms with E-state index in [-0.39, 0.29) is 47.9 Å². The summed E-state index contributed by atoms with van der Waals surface area (Å²) >= 11 is 0. The van der Waals surface area contributed by atoms with E-state index in [1.54, 1.807) is 4.90 Å². The van der Waals surface area contributed by atoms with Crippen LogP contribution in [0.5, 0.6) is 5.88 Å². The first kappa shape index (κ1) is 23.2. The van der Waals surface area contributed by atoms with Gasteiger partial charge in [-0.3, -0.25) is 4.79 Å². The van der Waals surface area contributed by atoms with Crippen LogP contribution in [0, 0.1) is 5.82 Å². The van der Waals surface area contributed by atoms with Crippen LogP contribution < -0.4 is 10.1 Å². The highest BCUT2D eigenvalue weighted by atomic mass is 19.1. The number of hydrogen-bond acceptors (Lipinski definition) is 5. The van der Waals surface area contributed by atoms with Gasteiger partial charge in [0.05, 0.1) is 6.20 Å². The van der Waals surface area contributed by atoms with Gasteiger partial charge in [-0.05, 0) is 64.7 Å². The van der Waals surface area contributed by atoms with Crippen molar-refractivity contribution in [1.82, 2.24) is 15.2 Å². The van der Waals surface area contributed by atoms with Crippen LogP contribution in [0.3, 0.4) is 0 Å². The van der Waals surface area contributed by atoms with Crippen molar-refractivity contribution in [3.05, 3.63) is 47.4 Å². The van der Waals surface area contributed by atoms with Crippen molar-refractivity contribution in [2.45, 2.75) is 83.0 Å². The molecule has 0 spiro atoms. The maximum Gasteiger partial charge on any atom is 0.410 e. The molecule has 0 aromatic carbocycles. The Labute approximate surface area is 191 Å². The fourth-order valence-electron chi connectivity index (χ4n) is 4.64. The number of amides is 2. The van der Waals surface area contributed by atoms with Crippen molar-refractivity contribution in [3.63, 3.8) is 0 Å². The zero-order valence-electron chi connectivity index (χ0n) is 19.1. The molecular formula is C24H29F2N3O4. The minimum absolute atomic E-state index is 0.0145. The Kier molecular flexibility index (Phi) is 6.41. The number of carbonyl (C=O) groups excluding carboxylic acids is 2. The van der Waals surface area contributed by atoms with Gasteiger partial charge < -0.3 is 19.7 Å². The third-order valence-corrected chi connectivity index (χ3v) is 6.02. The van der Waals surface area contributed by atoms with Gasteiger partial charge in [0.15, 0.2) is 0 Å². The van der Waals surface area contributed by atoms with Crippen LogP contribution in [0.4, 0.5) is 13.6 Å². The molecule has 1 aromatic heterocycles. The average molecular weight is 462 g/mol. The molecule has 1 unspecified atom stereocenters. The summed E-state index contributed by atoms with van der Waals surface area (Å²) in [7, 11) is 0. The molecule has 2 saturated heterocycles. The lowest BCUT2D eigenvalue weighted by Gasteiger charge is -2.39. The van der Waals surface area contributed by atoms with E-state index >= 15 is 0 Å². The number of allylic oxidation sites excluding steroid dienone is 4. The van der Waals surface area contributed by atoms with Gasteiger partial charge in [0.2, 0.25) is 5.88 Å². The molecule has 7 nitrogen and oxygen atoms in total. The van der Waals surface area contributed by atoms with Gasteiger partial charge >= 0.3 is 6.09 Å². The van der Waals surface area contributed by atoms with Crippen LogP contribution >= 0.6 is 0 Å². The second-order valence-electron chi connectivity index (χ2n) is 9.77. The molecule has 0 saturated carbocycles. The Balaban J connectivity index is 1.43. The monoisotopic (exact) mass is 461 g/mol. The first-order chi connectivity index (χ1) is 15.6. The van der Waals surface area contributed by atoms with Crippen LogP contribution in [-0.4, -0.2) is 45.6 Å². The highest BCUT2D eigenvalue weighted by molar-refractivity contribution is 5.96. The molecule has 2 aliphatic heterocycles. The second kappa shape index (κ2) is 9.11. The predicted molar refractivity (Wildman–Crippen MR) is 117 cm³/mol. The summed E-state index contributed by atoms with van der Waals surface area (Å²) in [5.74, 6) is -0.973. The third kappa shape index (κ3) is 5.51. The molecule has 2 amide bonds. The van der Waals surface area contributed by atoms with Crippen molar-refractivity contribution in [1.29, 1.82) is 0 Å². The molecule has 1 aliphatic carbocycles. The molecule has 3 heterocycles. The smallest absolute Gasteiger partial charge is 0.410 e. The number of halogens is 2. The molecule has 1 aromatic rings. The van der Waals surface area contributed by atoms with Gasteiger partial charge in [-0.2, -0.15) is 0 Å². The number of hydrogen-bond donors (Lipinski definition) is 1. The Hall–Kier alpha value is -2.97. The first-order valence-corrected chi connectivity index (χ1v) is 11.3. The molecule has 178 valence electrons. The van der Waals surface area contributed by atoms with Crippen LogP contribution in [0.15, 0.2) is 36.0 Å². The zero-order valence-corrected chi connectivity index (χ0v) is 19.1. The van der Waals surface area contributed by atoms with E-state index in [9.17, 15) is 18.4 Å². The number of aromatic nitrogens is 1. The first-order valence-electron chi connectivity index (χ1n) is 11.3. The summed E-state index contributed by atoms with van der Waals surface area (Å²) in [6.45, 7) is 5.51. The molecule has 9 heteroatoms. The SMILES string of the molecule is CC(C)(C)OC(=O)N1[C@@H]2CC[C@H]1CC(NC(=O)c1cc(F)cnc1OC1=CC=C(F)CC1)C2. The summed E-state index contributed by atoms with van der Waals surface area (Å²) in [6.07, 6.45) is 6.86. The number of piperidine rings is 1. The van der Waals surface area contributed by atoms with E-state index in [0.717, 1.165) is 25.1 Å². The van der Waals surface area contributed by atoms with E-state index < -0.39 is 17.3 Å². The highest BCUT2D eigenvalue weighted by Gasteiger charge is 2.45. The molecule has 3 atom stereocenters. The van der Waals surface area contributed by atoms with E-state index in [1.165, 1.54) is 12.2 Å². The fraction of sp³-hybridized carbons (Fsp3) is 0.542. The van der Waals surface area contributed by atoms with Crippen molar-refractivity contribution in [2.24, 2.45) is 0 Å². The number of nitrogens with one attached hydrogen (secondary N) is 1. The standard InChI is InChI=1S/C24H29F2N3O4/c1-24(2,3)33-23(31)29-17-6-7-18(29)12-16(11-17)28-21(30)20-10-15(26)13-27-22(20)32-19-8-4-14(25)5-9-19/h4,8,10,13,16-18H,5-7,9,11-12H2,1-3H3,(H,28,30)/t16?,17-,18+. The second-order valence-corrected chi connectivity index (χ2v) is 9.77. The Bertz CT molecular complexity index is 988. The molecule has 1 N–H and O–H groups in total. The topological polar surface area (TPSA) is 80.8 Å². The summed E-state index contributed by atoms with van der Waals surface area (Å²) < 4.78 is 38.4. The van der Waals surface area contributed by atoms with Gasteiger partial charge in [-0.15, -0.1) is 0 Å². The number of carbonyl (C=O) groups is 2. The minimum atomic E-state index is -0.657. The predicted octanol–water partition coefficient (Wildman–Crippen LogP) is 4.79. The highest BCUT2D eigenvalue weighted by Crippen LogP contribution is 2.37. The van der Waals surface area contributed by atoms with Gasteiger partial charge in [-0.1, -0.05) is 0 Å². The van der Waals surface area contributed by atoms with E-state index in [1.807, 2.05) is 20.8 Å². The van der Waals surface area contributed by atoms with Crippen molar-refractivity contribution >= 4 is 12.0 Å². The number of ether oxygens (including phenoxy) is 2. The zero-order chi connectivity index (χ0) is 23.8. The summed E-state index contributed by atoms with van der Waals surface area (Å²) in [4.78, 5) is 31.4. The number of nitrogens with zero attached hydrogens (tertiary/aromatic N) is 2.